The van der Waals surface area contributed by atoms with Crippen molar-refractivity contribution in [3.8, 4) is 5.75 Å². The van der Waals surface area contributed by atoms with Crippen LogP contribution in [0.2, 0.25) is 0 Å². The van der Waals surface area contributed by atoms with Crippen LogP contribution in [0.4, 0.5) is 0 Å². The van der Waals surface area contributed by atoms with Gasteiger partial charge >= 0.3 is 5.97 Å². The highest BCUT2D eigenvalue weighted by molar-refractivity contribution is 5.88. The van der Waals surface area contributed by atoms with Crippen LogP contribution >= 0.6 is 0 Å². The standard InChI is InChI=1S/C23H22N2O4/c26-22-20(29-14-15-8-3-1-4-9-15)19(23(27)28)24-21(25-22)18-13-7-12-17(18)16-10-5-2-6-11-16/h1-6,8-11,17-18H,7,12-14H2,(H,27,28)(H,24,25,26)/t17-,18?/m1/s1. The number of carbonyl (C=O) groups is 1. The molecular weight excluding hydrogens is 368 g/mol. The van der Waals surface area contributed by atoms with Crippen molar-refractivity contribution < 1.29 is 14.6 Å². The van der Waals surface area contributed by atoms with E-state index in [1.165, 1.54) is 5.56 Å². The van der Waals surface area contributed by atoms with Crippen molar-refractivity contribution in [2.24, 2.45) is 0 Å². The number of hydrogen-bond donors (Lipinski definition) is 2. The van der Waals surface area contributed by atoms with Crippen molar-refractivity contribution >= 4 is 5.97 Å². The predicted molar refractivity (Wildman–Crippen MR) is 108 cm³/mol. The molecule has 6 heteroatoms. The molecule has 0 amide bonds. The Morgan fingerprint density at radius 1 is 1.03 bits per heavy atom. The van der Waals surface area contributed by atoms with Crippen molar-refractivity contribution in [3.05, 3.63) is 93.7 Å². The van der Waals surface area contributed by atoms with Gasteiger partial charge in [-0.2, -0.15) is 0 Å². The van der Waals surface area contributed by atoms with E-state index in [4.69, 9.17) is 4.74 Å². The average molecular weight is 390 g/mol. The van der Waals surface area contributed by atoms with E-state index in [1.54, 1.807) is 0 Å². The molecule has 1 heterocycles. The van der Waals surface area contributed by atoms with Crippen molar-refractivity contribution in [2.45, 2.75) is 37.7 Å². The number of hydrogen-bond acceptors (Lipinski definition) is 4. The summed E-state index contributed by atoms with van der Waals surface area (Å²) in [7, 11) is 0. The molecule has 4 rings (SSSR count). The van der Waals surface area contributed by atoms with Gasteiger partial charge in [0.25, 0.3) is 5.56 Å². The minimum Gasteiger partial charge on any atom is -0.481 e. The van der Waals surface area contributed by atoms with Crippen molar-refractivity contribution in [1.82, 2.24) is 9.97 Å². The normalized spacial score (nSPS) is 18.5. The average Bonchev–Trinajstić information content (AvgIpc) is 3.23. The Morgan fingerprint density at radius 3 is 2.38 bits per heavy atom. The van der Waals surface area contributed by atoms with Crippen LogP contribution in [0.15, 0.2) is 65.5 Å². The van der Waals surface area contributed by atoms with Gasteiger partial charge in [-0.3, -0.25) is 4.79 Å². The second-order valence-corrected chi connectivity index (χ2v) is 7.26. The number of nitrogens with zero attached hydrogens (tertiary/aromatic N) is 1. The third-order valence-electron chi connectivity index (χ3n) is 5.42. The number of nitrogens with one attached hydrogen (secondary N) is 1. The SMILES string of the molecule is O=C(O)c1nc(C2CCC[C@@H]2c2ccccc2)[nH]c(=O)c1OCc1ccccc1. The Balaban J connectivity index is 1.65. The molecule has 0 saturated heterocycles. The second kappa shape index (κ2) is 8.31. The lowest BCUT2D eigenvalue weighted by Crippen LogP contribution is -2.23. The molecule has 29 heavy (non-hydrogen) atoms. The summed E-state index contributed by atoms with van der Waals surface area (Å²) in [6, 6.07) is 19.4. The summed E-state index contributed by atoms with van der Waals surface area (Å²) in [6.45, 7) is 0.0985. The van der Waals surface area contributed by atoms with E-state index in [1.807, 2.05) is 48.5 Å². The maximum Gasteiger partial charge on any atom is 0.358 e. The highest BCUT2D eigenvalue weighted by Gasteiger charge is 2.33. The number of ether oxygens (including phenoxy) is 1. The predicted octanol–water partition coefficient (Wildman–Crippen LogP) is 4.10. The van der Waals surface area contributed by atoms with Crippen molar-refractivity contribution in [2.75, 3.05) is 0 Å². The Labute approximate surface area is 168 Å². The molecule has 1 aliphatic carbocycles. The lowest BCUT2D eigenvalue weighted by molar-refractivity contribution is 0.0683. The van der Waals surface area contributed by atoms with Crippen molar-refractivity contribution in [3.63, 3.8) is 0 Å². The Morgan fingerprint density at radius 2 is 1.69 bits per heavy atom. The zero-order chi connectivity index (χ0) is 20.2. The minimum absolute atomic E-state index is 0.0219. The largest absolute Gasteiger partial charge is 0.481 e. The van der Waals surface area contributed by atoms with Crippen LogP contribution in [0.5, 0.6) is 5.75 Å². The van der Waals surface area contributed by atoms with Gasteiger partial charge in [-0.05, 0) is 29.9 Å². The van der Waals surface area contributed by atoms with E-state index >= 15 is 0 Å². The van der Waals surface area contributed by atoms with Gasteiger partial charge in [-0.25, -0.2) is 9.78 Å². The number of aromatic amines is 1. The van der Waals surface area contributed by atoms with Gasteiger partial charge in [0, 0.05) is 5.92 Å². The molecule has 2 aromatic carbocycles. The van der Waals surface area contributed by atoms with Crippen LogP contribution in [0.1, 0.15) is 58.5 Å². The number of carboxylic acids is 1. The monoisotopic (exact) mass is 390 g/mol. The molecule has 148 valence electrons. The molecule has 2 atom stereocenters. The molecule has 1 saturated carbocycles. The maximum absolute atomic E-state index is 12.7. The van der Waals surface area contributed by atoms with E-state index in [-0.39, 0.29) is 29.9 Å². The smallest absolute Gasteiger partial charge is 0.358 e. The summed E-state index contributed by atoms with van der Waals surface area (Å²) in [4.78, 5) is 31.6. The number of aromatic nitrogens is 2. The molecule has 1 fully saturated rings. The summed E-state index contributed by atoms with van der Waals surface area (Å²) in [5.74, 6) is -0.914. The Hall–Kier alpha value is -3.41. The van der Waals surface area contributed by atoms with Crippen LogP contribution < -0.4 is 10.3 Å². The van der Waals surface area contributed by atoms with E-state index in [0.717, 1.165) is 24.8 Å². The Bertz CT molecular complexity index is 1050. The fraction of sp³-hybridized carbons (Fsp3) is 0.261. The number of carboxylic acid groups (broad SMARTS) is 1. The molecule has 0 bridgehead atoms. The molecular formula is C23H22N2O4. The van der Waals surface area contributed by atoms with E-state index in [0.29, 0.717) is 5.82 Å². The third kappa shape index (κ3) is 4.06. The zero-order valence-electron chi connectivity index (χ0n) is 15.9. The Kier molecular flexibility index (Phi) is 5.42. The third-order valence-corrected chi connectivity index (χ3v) is 5.42. The van der Waals surface area contributed by atoms with E-state index in [9.17, 15) is 14.7 Å². The topological polar surface area (TPSA) is 92.3 Å². The fourth-order valence-electron chi connectivity index (χ4n) is 4.05. The highest BCUT2D eigenvalue weighted by Crippen LogP contribution is 2.44. The molecule has 3 aromatic rings. The molecule has 6 nitrogen and oxygen atoms in total. The first kappa shape index (κ1) is 18.9. The number of H-pyrrole nitrogens is 1. The van der Waals surface area contributed by atoms with Gasteiger partial charge in [0.15, 0.2) is 5.69 Å². The molecule has 1 aliphatic rings. The summed E-state index contributed by atoms with van der Waals surface area (Å²) in [5.41, 5.74) is 1.13. The van der Waals surface area contributed by atoms with Gasteiger partial charge < -0.3 is 14.8 Å². The molecule has 0 radical (unpaired) electrons. The molecule has 1 unspecified atom stereocenters. The minimum atomic E-state index is -1.27. The van der Waals surface area contributed by atoms with Gasteiger partial charge in [0.2, 0.25) is 5.75 Å². The molecule has 0 aliphatic heterocycles. The molecule has 2 N–H and O–H groups in total. The van der Waals surface area contributed by atoms with Crippen LogP contribution in [-0.2, 0) is 6.61 Å². The lowest BCUT2D eigenvalue weighted by Gasteiger charge is -2.20. The first-order valence-electron chi connectivity index (χ1n) is 9.72. The van der Waals surface area contributed by atoms with Crippen LogP contribution in [0.25, 0.3) is 0 Å². The quantitative estimate of drug-likeness (QED) is 0.661. The fourth-order valence-corrected chi connectivity index (χ4v) is 4.05. The summed E-state index contributed by atoms with van der Waals surface area (Å²) in [5, 5.41) is 9.64. The van der Waals surface area contributed by atoms with Crippen LogP contribution in [0.3, 0.4) is 0 Å². The van der Waals surface area contributed by atoms with Gasteiger partial charge in [0.05, 0.1) is 0 Å². The highest BCUT2D eigenvalue weighted by atomic mass is 16.5. The number of benzene rings is 2. The maximum atomic E-state index is 12.7. The summed E-state index contributed by atoms with van der Waals surface area (Å²) >= 11 is 0. The second-order valence-electron chi connectivity index (χ2n) is 7.26. The molecule has 1 aromatic heterocycles. The number of aromatic carboxylic acids is 1. The van der Waals surface area contributed by atoms with Gasteiger partial charge in [0.1, 0.15) is 12.4 Å². The number of rotatable bonds is 6. The summed E-state index contributed by atoms with van der Waals surface area (Å²) < 4.78 is 5.56. The molecule has 0 spiro atoms. The van der Waals surface area contributed by atoms with Gasteiger partial charge in [-0.1, -0.05) is 67.1 Å². The lowest BCUT2D eigenvalue weighted by atomic mass is 9.88. The van der Waals surface area contributed by atoms with E-state index < -0.39 is 11.5 Å². The van der Waals surface area contributed by atoms with Gasteiger partial charge in [-0.15, -0.1) is 0 Å². The van der Waals surface area contributed by atoms with Crippen LogP contribution in [0, 0.1) is 0 Å². The summed E-state index contributed by atoms with van der Waals surface area (Å²) in [6.07, 6.45) is 2.83. The van der Waals surface area contributed by atoms with Crippen LogP contribution in [-0.4, -0.2) is 21.0 Å². The zero-order valence-corrected chi connectivity index (χ0v) is 15.9. The van der Waals surface area contributed by atoms with Crippen molar-refractivity contribution in [1.29, 1.82) is 0 Å². The first-order chi connectivity index (χ1) is 14.1. The first-order valence-corrected chi connectivity index (χ1v) is 9.72. The van der Waals surface area contributed by atoms with E-state index in [2.05, 4.69) is 22.1 Å².